The van der Waals surface area contributed by atoms with Crippen molar-refractivity contribution in [3.8, 4) is 11.4 Å². The third-order valence-electron chi connectivity index (χ3n) is 6.35. The van der Waals surface area contributed by atoms with E-state index in [0.717, 1.165) is 29.4 Å². The number of anilines is 1. The molecule has 0 aliphatic heterocycles. The molecular formula is C27H33N5O2S. The van der Waals surface area contributed by atoms with Gasteiger partial charge in [0, 0.05) is 29.9 Å². The van der Waals surface area contributed by atoms with Crippen molar-refractivity contribution in [2.75, 3.05) is 18.1 Å². The molecule has 0 bridgehead atoms. The summed E-state index contributed by atoms with van der Waals surface area (Å²) < 4.78 is 2.23. The number of rotatable bonds is 7. The minimum Gasteiger partial charge on any atom is -0.355 e. The Balaban J connectivity index is 1.48. The van der Waals surface area contributed by atoms with Gasteiger partial charge in [0.1, 0.15) is 0 Å². The maximum Gasteiger partial charge on any atom is 0.251 e. The third kappa shape index (κ3) is 5.93. The second-order valence-electron chi connectivity index (χ2n) is 9.94. The molecule has 0 unspecified atom stereocenters. The van der Waals surface area contributed by atoms with Gasteiger partial charge in [0.05, 0.1) is 5.75 Å². The Morgan fingerprint density at radius 2 is 1.66 bits per heavy atom. The van der Waals surface area contributed by atoms with E-state index in [0.29, 0.717) is 17.3 Å². The van der Waals surface area contributed by atoms with Crippen molar-refractivity contribution in [2.24, 2.45) is 0 Å². The summed E-state index contributed by atoms with van der Waals surface area (Å²) in [7, 11) is 1.59. The van der Waals surface area contributed by atoms with Crippen LogP contribution in [0.1, 0.15) is 68.4 Å². The molecule has 184 valence electrons. The van der Waals surface area contributed by atoms with Gasteiger partial charge in [-0.1, -0.05) is 69.6 Å². The average molecular weight is 492 g/mol. The standard InChI is InChI=1S/C27H33N5O2S/c1-27(2,3)20-13-9-18(10-14-20)24-30-31-26(32(24)22-7-5-6-8-22)35-17-23(33)29-21-15-11-19(12-16-21)25(34)28-4/h9-16,22H,5-8,17H2,1-4H3,(H,28,34)(H,29,33). The van der Waals surface area contributed by atoms with Gasteiger partial charge in [-0.15, -0.1) is 10.2 Å². The van der Waals surface area contributed by atoms with Gasteiger partial charge in [-0.2, -0.15) is 0 Å². The maximum absolute atomic E-state index is 12.6. The molecule has 0 radical (unpaired) electrons. The number of thioether (sulfide) groups is 1. The molecule has 1 aliphatic carbocycles. The van der Waals surface area contributed by atoms with Crippen LogP contribution >= 0.6 is 11.8 Å². The second kappa shape index (κ2) is 10.6. The monoisotopic (exact) mass is 491 g/mol. The van der Waals surface area contributed by atoms with Crippen molar-refractivity contribution < 1.29 is 9.59 Å². The van der Waals surface area contributed by atoms with Crippen molar-refractivity contribution in [1.82, 2.24) is 20.1 Å². The molecule has 35 heavy (non-hydrogen) atoms. The van der Waals surface area contributed by atoms with E-state index < -0.39 is 0 Å². The predicted octanol–water partition coefficient (Wildman–Crippen LogP) is 5.45. The van der Waals surface area contributed by atoms with Crippen LogP contribution in [0.5, 0.6) is 0 Å². The molecule has 7 nitrogen and oxygen atoms in total. The Morgan fingerprint density at radius 3 is 2.26 bits per heavy atom. The largest absolute Gasteiger partial charge is 0.355 e. The van der Waals surface area contributed by atoms with Gasteiger partial charge in [-0.3, -0.25) is 14.2 Å². The van der Waals surface area contributed by atoms with Crippen LogP contribution in [0.2, 0.25) is 0 Å². The zero-order valence-corrected chi connectivity index (χ0v) is 21.6. The molecule has 2 aromatic carbocycles. The highest BCUT2D eigenvalue weighted by Crippen LogP contribution is 2.37. The Hall–Kier alpha value is -3.13. The van der Waals surface area contributed by atoms with Crippen molar-refractivity contribution in [1.29, 1.82) is 0 Å². The van der Waals surface area contributed by atoms with E-state index in [4.69, 9.17) is 0 Å². The average Bonchev–Trinajstić information content (AvgIpc) is 3.52. The lowest BCUT2D eigenvalue weighted by Crippen LogP contribution is -2.18. The smallest absolute Gasteiger partial charge is 0.251 e. The molecule has 0 atom stereocenters. The number of nitrogens with one attached hydrogen (secondary N) is 2. The lowest BCUT2D eigenvalue weighted by molar-refractivity contribution is -0.113. The minimum absolute atomic E-state index is 0.0920. The van der Waals surface area contributed by atoms with Gasteiger partial charge in [0.25, 0.3) is 5.91 Å². The van der Waals surface area contributed by atoms with E-state index in [9.17, 15) is 9.59 Å². The summed E-state index contributed by atoms with van der Waals surface area (Å²) in [6.45, 7) is 6.62. The molecule has 8 heteroatoms. The first-order chi connectivity index (χ1) is 16.8. The molecule has 1 aliphatic rings. The number of benzene rings is 2. The summed E-state index contributed by atoms with van der Waals surface area (Å²) in [5.41, 5.74) is 3.62. The van der Waals surface area contributed by atoms with Gasteiger partial charge in [-0.05, 0) is 48.1 Å². The van der Waals surface area contributed by atoms with Crippen LogP contribution in [0.4, 0.5) is 5.69 Å². The van der Waals surface area contributed by atoms with Crippen molar-refractivity contribution in [2.45, 2.75) is 63.1 Å². The zero-order valence-electron chi connectivity index (χ0n) is 20.8. The molecule has 1 heterocycles. The number of hydrogen-bond acceptors (Lipinski definition) is 5. The number of hydrogen-bond donors (Lipinski definition) is 2. The first-order valence-corrected chi connectivity index (χ1v) is 13.1. The van der Waals surface area contributed by atoms with Crippen LogP contribution in [0.3, 0.4) is 0 Å². The lowest BCUT2D eigenvalue weighted by atomic mass is 9.86. The zero-order chi connectivity index (χ0) is 25.0. The van der Waals surface area contributed by atoms with E-state index in [2.05, 4.69) is 70.4 Å². The van der Waals surface area contributed by atoms with Crippen LogP contribution in [-0.4, -0.2) is 39.4 Å². The molecule has 1 aromatic heterocycles. The fourth-order valence-corrected chi connectivity index (χ4v) is 5.17. The molecule has 1 saturated carbocycles. The van der Waals surface area contributed by atoms with E-state index in [1.807, 2.05) is 0 Å². The van der Waals surface area contributed by atoms with Crippen LogP contribution < -0.4 is 10.6 Å². The maximum atomic E-state index is 12.6. The Morgan fingerprint density at radius 1 is 1.00 bits per heavy atom. The van der Waals surface area contributed by atoms with Crippen molar-refractivity contribution in [3.63, 3.8) is 0 Å². The van der Waals surface area contributed by atoms with Crippen LogP contribution in [0.15, 0.2) is 53.7 Å². The second-order valence-corrected chi connectivity index (χ2v) is 10.9. The number of aromatic nitrogens is 3. The van der Waals surface area contributed by atoms with Crippen molar-refractivity contribution >= 4 is 29.3 Å². The Bertz CT molecular complexity index is 1170. The molecule has 2 amide bonds. The lowest BCUT2D eigenvalue weighted by Gasteiger charge is -2.20. The van der Waals surface area contributed by atoms with Gasteiger partial charge in [-0.25, -0.2) is 0 Å². The summed E-state index contributed by atoms with van der Waals surface area (Å²) in [5, 5.41) is 15.3. The number of nitrogens with zero attached hydrogens (tertiary/aromatic N) is 3. The quantitative estimate of drug-likeness (QED) is 0.429. The molecule has 2 N–H and O–H groups in total. The van der Waals surface area contributed by atoms with Crippen LogP contribution in [0, 0.1) is 0 Å². The molecule has 0 spiro atoms. The van der Waals surface area contributed by atoms with Crippen molar-refractivity contribution in [3.05, 3.63) is 59.7 Å². The topological polar surface area (TPSA) is 88.9 Å². The molecule has 0 saturated heterocycles. The predicted molar refractivity (Wildman–Crippen MR) is 141 cm³/mol. The minimum atomic E-state index is -0.159. The van der Waals surface area contributed by atoms with E-state index >= 15 is 0 Å². The van der Waals surface area contributed by atoms with E-state index in [1.54, 1.807) is 31.3 Å². The highest BCUT2D eigenvalue weighted by atomic mass is 32.2. The van der Waals surface area contributed by atoms with Gasteiger partial charge >= 0.3 is 0 Å². The Labute approximate surface area is 211 Å². The summed E-state index contributed by atoms with van der Waals surface area (Å²) >= 11 is 1.41. The molecule has 4 rings (SSSR count). The summed E-state index contributed by atoms with van der Waals surface area (Å²) in [6, 6.07) is 15.8. The fourth-order valence-electron chi connectivity index (χ4n) is 4.36. The highest BCUT2D eigenvalue weighted by Gasteiger charge is 2.25. The SMILES string of the molecule is CNC(=O)c1ccc(NC(=O)CSc2nnc(-c3ccc(C(C)(C)C)cc3)n2C2CCCC2)cc1. The molecule has 1 fully saturated rings. The molecule has 3 aromatic rings. The van der Waals surface area contributed by atoms with Gasteiger partial charge < -0.3 is 10.6 Å². The fraction of sp³-hybridized carbons (Fsp3) is 0.407. The highest BCUT2D eigenvalue weighted by molar-refractivity contribution is 7.99. The van der Waals surface area contributed by atoms with E-state index in [-0.39, 0.29) is 23.0 Å². The molecular weight excluding hydrogens is 458 g/mol. The van der Waals surface area contributed by atoms with Gasteiger partial charge in [0.2, 0.25) is 5.91 Å². The summed E-state index contributed by atoms with van der Waals surface area (Å²) in [5.74, 6) is 0.809. The number of amides is 2. The van der Waals surface area contributed by atoms with Crippen LogP contribution in [-0.2, 0) is 10.2 Å². The van der Waals surface area contributed by atoms with E-state index in [1.165, 1.54) is 30.2 Å². The number of carbonyl (C=O) groups is 2. The third-order valence-corrected chi connectivity index (χ3v) is 7.30. The normalized spacial score (nSPS) is 14.2. The number of carbonyl (C=O) groups excluding carboxylic acids is 2. The Kier molecular flexibility index (Phi) is 7.60. The first kappa shape index (κ1) is 25.0. The summed E-state index contributed by atoms with van der Waals surface area (Å²) in [4.78, 5) is 24.3. The first-order valence-electron chi connectivity index (χ1n) is 12.1. The summed E-state index contributed by atoms with van der Waals surface area (Å²) in [6.07, 6.45) is 4.59. The van der Waals surface area contributed by atoms with Crippen LogP contribution in [0.25, 0.3) is 11.4 Å². The van der Waals surface area contributed by atoms with Gasteiger partial charge in [0.15, 0.2) is 11.0 Å².